The second kappa shape index (κ2) is 17.4. The van der Waals surface area contributed by atoms with E-state index in [1.807, 2.05) is 6.07 Å². The number of rotatable bonds is 9. The Kier molecular flexibility index (Phi) is 10.1. The highest BCUT2D eigenvalue weighted by Gasteiger charge is 2.46. The number of anilines is 3. The maximum Gasteiger partial charge on any atom is 0.135 e. The number of ether oxygens (including phenoxy) is 1. The first-order valence-electron chi connectivity index (χ1n) is 25.2. The predicted octanol–water partition coefficient (Wildman–Crippen LogP) is 19.1. The fourth-order valence-electron chi connectivity index (χ4n) is 11.9. The number of benzene rings is 12. The van der Waals surface area contributed by atoms with Gasteiger partial charge in [0.2, 0.25) is 0 Å². The van der Waals surface area contributed by atoms with Crippen LogP contribution in [-0.4, -0.2) is 0 Å². The molecule has 0 fully saturated rings. The van der Waals surface area contributed by atoms with Crippen molar-refractivity contribution in [3.8, 4) is 78.3 Å². The van der Waals surface area contributed by atoms with Gasteiger partial charge in [-0.15, -0.1) is 0 Å². The highest BCUT2D eigenvalue weighted by Crippen LogP contribution is 2.57. The van der Waals surface area contributed by atoms with E-state index in [-0.39, 0.29) is 0 Å². The van der Waals surface area contributed by atoms with Crippen LogP contribution < -0.4 is 9.64 Å². The van der Waals surface area contributed by atoms with Crippen LogP contribution in [0.4, 0.5) is 17.1 Å². The van der Waals surface area contributed by atoms with Gasteiger partial charge < -0.3 is 9.64 Å². The molecule has 1 aliphatic carbocycles. The van der Waals surface area contributed by atoms with Gasteiger partial charge in [0, 0.05) is 28.0 Å². The summed E-state index contributed by atoms with van der Waals surface area (Å²) in [7, 11) is 0. The number of para-hydroxylation sites is 1. The molecule has 1 heterocycles. The minimum atomic E-state index is -0.547. The molecule has 2 nitrogen and oxygen atoms in total. The summed E-state index contributed by atoms with van der Waals surface area (Å²) in [6, 6.07) is 104. The summed E-state index contributed by atoms with van der Waals surface area (Å²) >= 11 is 0. The van der Waals surface area contributed by atoms with Crippen LogP contribution >= 0.6 is 0 Å². The lowest BCUT2D eigenvalue weighted by molar-refractivity contribution is 0.487. The summed E-state index contributed by atoms with van der Waals surface area (Å²) in [5.41, 5.74) is 21.9. The summed E-state index contributed by atoms with van der Waals surface area (Å²) < 4.78 is 6.55. The Balaban J connectivity index is 0.950. The van der Waals surface area contributed by atoms with E-state index >= 15 is 0 Å². The summed E-state index contributed by atoms with van der Waals surface area (Å²) in [6.07, 6.45) is 0. The molecule has 0 N–H and O–H groups in total. The fraction of sp³-hybridized carbons (Fsp3) is 0.0141. The van der Waals surface area contributed by atoms with Crippen LogP contribution in [-0.2, 0) is 5.41 Å². The van der Waals surface area contributed by atoms with E-state index in [2.05, 4.69) is 284 Å². The molecule has 2 heteroatoms. The first-order valence-corrected chi connectivity index (χ1v) is 25.2. The average molecular weight is 930 g/mol. The Bertz CT molecular complexity index is 3990. The Morgan fingerprint density at radius 3 is 1.53 bits per heavy atom. The van der Waals surface area contributed by atoms with Gasteiger partial charge in [-0.1, -0.05) is 231 Å². The summed E-state index contributed by atoms with van der Waals surface area (Å²) in [5, 5.41) is 2.30. The molecule has 12 aromatic rings. The fourth-order valence-corrected chi connectivity index (χ4v) is 11.9. The number of hydrogen-bond acceptors (Lipinski definition) is 2. The summed E-state index contributed by atoms with van der Waals surface area (Å²) in [4.78, 5) is 2.44. The van der Waals surface area contributed by atoms with Gasteiger partial charge >= 0.3 is 0 Å². The lowest BCUT2D eigenvalue weighted by Gasteiger charge is -2.35. The Hall–Kier alpha value is -9.50. The zero-order chi connectivity index (χ0) is 48.3. The molecule has 0 aromatic heterocycles. The molecule has 73 heavy (non-hydrogen) atoms. The van der Waals surface area contributed by atoms with Crippen LogP contribution in [0.25, 0.3) is 77.5 Å². The van der Waals surface area contributed by atoms with Crippen molar-refractivity contribution < 1.29 is 4.74 Å². The Morgan fingerprint density at radius 2 is 0.795 bits per heavy atom. The average Bonchev–Trinajstić information content (AvgIpc) is 3.77. The molecule has 0 amide bonds. The van der Waals surface area contributed by atoms with E-state index in [1.54, 1.807) is 0 Å². The van der Waals surface area contributed by atoms with Crippen molar-refractivity contribution >= 4 is 27.8 Å². The van der Waals surface area contributed by atoms with Gasteiger partial charge in [-0.05, 0) is 143 Å². The van der Waals surface area contributed by atoms with Crippen LogP contribution in [0.2, 0.25) is 0 Å². The molecule has 0 unspecified atom stereocenters. The monoisotopic (exact) mass is 929 g/mol. The molecule has 0 spiro atoms. The topological polar surface area (TPSA) is 12.5 Å². The standard InChI is InChI=1S/C71H47NO/c1-5-19-49(20-6-1)58-41-37-51(46-65(58)50-21-7-2-8-22-50)48-35-38-55(39-36-48)72(56-28-17-23-52(45-56)59-43-44-69-70-63(59)31-18-32-64(70)62-30-14-16-34-68(62)73-69)57-40-42-61-60-29-13-15-33-66(60)71(67(61)47-57,53-24-9-3-10-25-53)54-26-11-4-12-27-54/h1-47H. The highest BCUT2D eigenvalue weighted by molar-refractivity contribution is 6.10. The normalized spacial score (nSPS) is 12.6. The SMILES string of the molecule is c1ccc(-c2ccc(-c3ccc(N(c4cccc(-c5ccc6c7c(cccc57)-c5ccccc5O6)c4)c4ccc5c(c4)C(c4ccccc4)(c4ccccc4)c4ccccc4-5)cc3)cc2-c2ccccc2)cc1. The maximum absolute atomic E-state index is 6.55. The van der Waals surface area contributed by atoms with E-state index in [9.17, 15) is 0 Å². The van der Waals surface area contributed by atoms with Gasteiger partial charge in [-0.3, -0.25) is 0 Å². The van der Waals surface area contributed by atoms with Gasteiger partial charge in [0.25, 0.3) is 0 Å². The smallest absolute Gasteiger partial charge is 0.135 e. The minimum Gasteiger partial charge on any atom is -0.456 e. The molecule has 12 aromatic carbocycles. The molecule has 0 radical (unpaired) electrons. The second-order valence-corrected chi connectivity index (χ2v) is 19.1. The van der Waals surface area contributed by atoms with Gasteiger partial charge in [0.15, 0.2) is 0 Å². The molecular formula is C71H47NO. The van der Waals surface area contributed by atoms with Crippen LogP contribution in [0.5, 0.6) is 11.5 Å². The molecule has 0 saturated carbocycles. The molecule has 14 rings (SSSR count). The molecule has 2 aliphatic rings. The van der Waals surface area contributed by atoms with Crippen molar-refractivity contribution in [2.24, 2.45) is 0 Å². The van der Waals surface area contributed by atoms with E-state index in [0.717, 1.165) is 61.6 Å². The van der Waals surface area contributed by atoms with Gasteiger partial charge in [0.05, 0.1) is 5.41 Å². The predicted molar refractivity (Wildman–Crippen MR) is 303 cm³/mol. The molecule has 0 saturated heterocycles. The molecule has 0 bridgehead atoms. The van der Waals surface area contributed by atoms with Crippen LogP contribution in [0.1, 0.15) is 22.3 Å². The second-order valence-electron chi connectivity index (χ2n) is 19.1. The van der Waals surface area contributed by atoms with E-state index in [0.29, 0.717) is 0 Å². The van der Waals surface area contributed by atoms with Crippen molar-refractivity contribution in [3.63, 3.8) is 0 Å². The van der Waals surface area contributed by atoms with Crippen LogP contribution in [0.3, 0.4) is 0 Å². The maximum atomic E-state index is 6.55. The first-order chi connectivity index (χ1) is 36.2. The largest absolute Gasteiger partial charge is 0.456 e. The molecule has 0 atom stereocenters. The minimum absolute atomic E-state index is 0.547. The van der Waals surface area contributed by atoms with Crippen LogP contribution in [0.15, 0.2) is 285 Å². The van der Waals surface area contributed by atoms with Crippen molar-refractivity contribution in [2.75, 3.05) is 4.90 Å². The van der Waals surface area contributed by atoms with Crippen molar-refractivity contribution in [3.05, 3.63) is 307 Å². The Labute approximate surface area is 426 Å². The Morgan fingerprint density at radius 1 is 0.260 bits per heavy atom. The first kappa shape index (κ1) is 42.4. The van der Waals surface area contributed by atoms with Gasteiger partial charge in [-0.2, -0.15) is 0 Å². The number of hydrogen-bond donors (Lipinski definition) is 0. The molecular weight excluding hydrogens is 883 g/mol. The summed E-state index contributed by atoms with van der Waals surface area (Å²) in [5.74, 6) is 1.77. The highest BCUT2D eigenvalue weighted by atomic mass is 16.5. The van der Waals surface area contributed by atoms with E-state index in [4.69, 9.17) is 4.74 Å². The molecule has 1 aliphatic heterocycles. The zero-order valence-electron chi connectivity index (χ0n) is 40.0. The number of fused-ring (bicyclic) bond motifs is 5. The third kappa shape index (κ3) is 6.94. The zero-order valence-corrected chi connectivity index (χ0v) is 40.0. The quantitative estimate of drug-likeness (QED) is 0.143. The van der Waals surface area contributed by atoms with Gasteiger partial charge in [-0.25, -0.2) is 0 Å². The van der Waals surface area contributed by atoms with Gasteiger partial charge in [0.1, 0.15) is 11.5 Å². The third-order valence-electron chi connectivity index (χ3n) is 15.2. The molecule has 342 valence electrons. The van der Waals surface area contributed by atoms with E-state index in [1.165, 1.54) is 66.8 Å². The van der Waals surface area contributed by atoms with Crippen LogP contribution in [0, 0.1) is 0 Å². The van der Waals surface area contributed by atoms with Crippen molar-refractivity contribution in [1.82, 2.24) is 0 Å². The number of nitrogens with zero attached hydrogens (tertiary/aromatic N) is 1. The third-order valence-corrected chi connectivity index (χ3v) is 15.2. The van der Waals surface area contributed by atoms with Crippen molar-refractivity contribution in [2.45, 2.75) is 5.41 Å². The van der Waals surface area contributed by atoms with Crippen molar-refractivity contribution in [1.29, 1.82) is 0 Å². The summed E-state index contributed by atoms with van der Waals surface area (Å²) in [6.45, 7) is 0. The lowest BCUT2D eigenvalue weighted by atomic mass is 9.67. The lowest BCUT2D eigenvalue weighted by Crippen LogP contribution is -2.28. The van der Waals surface area contributed by atoms with E-state index < -0.39 is 5.41 Å².